The number of hydrogen-bond acceptors (Lipinski definition) is 8. The van der Waals surface area contributed by atoms with Gasteiger partial charge in [0.05, 0.1) is 12.3 Å². The van der Waals surface area contributed by atoms with E-state index in [9.17, 15) is 14.7 Å². The highest BCUT2D eigenvalue weighted by Crippen LogP contribution is 2.35. The van der Waals surface area contributed by atoms with Crippen molar-refractivity contribution in [1.29, 1.82) is 0 Å². The quantitative estimate of drug-likeness (QED) is 0.501. The van der Waals surface area contributed by atoms with E-state index in [1.165, 1.54) is 6.07 Å². The molecule has 0 aliphatic carbocycles. The van der Waals surface area contributed by atoms with Crippen molar-refractivity contribution in [2.24, 2.45) is 0 Å². The molecule has 2 heterocycles. The van der Waals surface area contributed by atoms with E-state index in [1.54, 1.807) is 43.3 Å². The monoisotopic (exact) mass is 468 g/mol. The van der Waals surface area contributed by atoms with E-state index in [4.69, 9.17) is 23.4 Å². The first kappa shape index (κ1) is 23.0. The second-order valence-corrected chi connectivity index (χ2v) is 7.61. The number of carbonyl (C=O) groups is 2. The molecule has 0 fully saturated rings. The largest absolute Gasteiger partial charge is 0.493 e. The molecular formula is C24H24N2O8. The van der Waals surface area contributed by atoms with E-state index in [2.05, 4.69) is 4.98 Å². The number of carboxylic acids is 1. The number of aryl methyl sites for hydroxylation is 2. The molecule has 1 amide bonds. The van der Waals surface area contributed by atoms with Crippen molar-refractivity contribution < 1.29 is 38.1 Å². The van der Waals surface area contributed by atoms with Crippen LogP contribution in [0.5, 0.6) is 23.0 Å². The molecule has 0 spiro atoms. The first-order chi connectivity index (χ1) is 16.4. The Hall–Kier alpha value is -4.21. The Morgan fingerprint density at radius 2 is 1.79 bits per heavy atom. The molecule has 3 aromatic rings. The first-order valence-corrected chi connectivity index (χ1v) is 10.6. The third-order valence-electron chi connectivity index (χ3n) is 5.04. The Morgan fingerprint density at radius 1 is 1.06 bits per heavy atom. The summed E-state index contributed by atoms with van der Waals surface area (Å²) in [4.78, 5) is 29.4. The van der Waals surface area contributed by atoms with Gasteiger partial charge < -0.3 is 28.5 Å². The fraction of sp³-hybridized carbons (Fsp3) is 0.292. The molecule has 0 radical (unpaired) electrons. The Balaban J connectivity index is 1.34. The van der Waals surface area contributed by atoms with Crippen LogP contribution in [0.3, 0.4) is 0 Å². The number of fused-ring (bicyclic) bond motifs is 1. The smallest absolute Gasteiger partial charge is 0.416 e. The third-order valence-corrected chi connectivity index (χ3v) is 5.04. The zero-order chi connectivity index (χ0) is 24.1. The van der Waals surface area contributed by atoms with Crippen LogP contribution in [0.2, 0.25) is 0 Å². The summed E-state index contributed by atoms with van der Waals surface area (Å²) in [6.07, 6.45) is -0.178. The minimum absolute atomic E-state index is 0.0490. The Bertz CT molecular complexity index is 1170. The van der Waals surface area contributed by atoms with Gasteiger partial charge in [0, 0.05) is 26.0 Å². The summed E-state index contributed by atoms with van der Waals surface area (Å²) in [6, 6.07) is 11.8. The number of aliphatic carboxylic acids is 1. The molecule has 0 atom stereocenters. The van der Waals surface area contributed by atoms with Crippen molar-refractivity contribution >= 4 is 12.1 Å². The van der Waals surface area contributed by atoms with Crippen molar-refractivity contribution in [1.82, 2.24) is 9.88 Å². The highest BCUT2D eigenvalue weighted by molar-refractivity contribution is 5.78. The average molecular weight is 468 g/mol. The van der Waals surface area contributed by atoms with Crippen molar-refractivity contribution in [3.05, 3.63) is 65.4 Å². The number of oxazole rings is 1. The molecule has 1 N–H and O–H groups in total. The lowest BCUT2D eigenvalue weighted by Crippen LogP contribution is -2.37. The van der Waals surface area contributed by atoms with Gasteiger partial charge in [-0.2, -0.15) is 0 Å². The van der Waals surface area contributed by atoms with Crippen LogP contribution < -0.4 is 18.9 Å². The Kier molecular flexibility index (Phi) is 6.86. The van der Waals surface area contributed by atoms with Crippen molar-refractivity contribution in [3.8, 4) is 23.0 Å². The summed E-state index contributed by atoms with van der Waals surface area (Å²) in [7, 11) is 0. The number of aromatic nitrogens is 1. The van der Waals surface area contributed by atoms with Gasteiger partial charge in [-0.3, -0.25) is 9.69 Å². The van der Waals surface area contributed by atoms with Gasteiger partial charge >= 0.3 is 12.1 Å². The molecule has 0 unspecified atom stereocenters. The van der Waals surface area contributed by atoms with Crippen molar-refractivity contribution in [3.63, 3.8) is 0 Å². The molecule has 0 saturated heterocycles. The fourth-order valence-corrected chi connectivity index (χ4v) is 3.44. The number of ether oxygens (including phenoxy) is 4. The fourth-order valence-electron chi connectivity index (χ4n) is 3.44. The number of nitrogens with zero attached hydrogens (tertiary/aromatic N) is 2. The van der Waals surface area contributed by atoms with Crippen LogP contribution in [0.15, 0.2) is 46.9 Å². The van der Waals surface area contributed by atoms with Gasteiger partial charge in [0.1, 0.15) is 23.8 Å². The Labute approximate surface area is 195 Å². The maximum Gasteiger partial charge on any atom is 0.416 e. The van der Waals surface area contributed by atoms with Gasteiger partial charge in [-0.25, -0.2) is 9.78 Å². The maximum atomic E-state index is 12.7. The van der Waals surface area contributed by atoms with Crippen LogP contribution in [0.1, 0.15) is 22.9 Å². The number of hydrogen-bond donors (Lipinski definition) is 1. The normalized spacial score (nSPS) is 11.8. The molecular weight excluding hydrogens is 444 g/mol. The highest BCUT2D eigenvalue weighted by Gasteiger charge is 2.21. The summed E-state index contributed by atoms with van der Waals surface area (Å²) in [5.74, 6) is 2.14. The van der Waals surface area contributed by atoms with Crippen LogP contribution >= 0.6 is 0 Å². The summed E-state index contributed by atoms with van der Waals surface area (Å²) in [5, 5.41) is 9.24. The van der Waals surface area contributed by atoms with Crippen LogP contribution in [0.4, 0.5) is 4.79 Å². The minimum Gasteiger partial charge on any atom is -0.493 e. The van der Waals surface area contributed by atoms with E-state index >= 15 is 0 Å². The second-order valence-electron chi connectivity index (χ2n) is 7.61. The van der Waals surface area contributed by atoms with Crippen LogP contribution in [-0.2, 0) is 17.8 Å². The predicted octanol–water partition coefficient (Wildman–Crippen LogP) is 3.73. The lowest BCUT2D eigenvalue weighted by atomic mass is 10.2. The van der Waals surface area contributed by atoms with Crippen LogP contribution in [0, 0.1) is 13.8 Å². The molecule has 1 aliphatic rings. The highest BCUT2D eigenvalue weighted by atomic mass is 16.7. The van der Waals surface area contributed by atoms with E-state index in [0.717, 1.165) is 21.9 Å². The molecule has 1 aromatic heterocycles. The third kappa shape index (κ3) is 5.77. The molecule has 0 saturated carbocycles. The van der Waals surface area contributed by atoms with Crippen molar-refractivity contribution in [2.75, 3.05) is 19.9 Å². The van der Waals surface area contributed by atoms with E-state index in [1.807, 2.05) is 6.92 Å². The van der Waals surface area contributed by atoms with Crippen molar-refractivity contribution in [2.45, 2.75) is 26.8 Å². The summed E-state index contributed by atoms with van der Waals surface area (Å²) in [5.41, 5.74) is 1.58. The number of carboxylic acid groups (broad SMARTS) is 1. The zero-order valence-corrected chi connectivity index (χ0v) is 18.8. The molecule has 10 heteroatoms. The van der Waals surface area contributed by atoms with E-state index in [-0.39, 0.29) is 19.1 Å². The Morgan fingerprint density at radius 3 is 2.50 bits per heavy atom. The van der Waals surface area contributed by atoms with Crippen LogP contribution in [0.25, 0.3) is 0 Å². The van der Waals surface area contributed by atoms with Gasteiger partial charge in [0.2, 0.25) is 6.79 Å². The van der Waals surface area contributed by atoms with Crippen LogP contribution in [-0.4, -0.2) is 47.0 Å². The molecule has 1 aliphatic heterocycles. The lowest BCUT2D eigenvalue weighted by Gasteiger charge is -2.20. The second kappa shape index (κ2) is 10.2. The summed E-state index contributed by atoms with van der Waals surface area (Å²) >= 11 is 0. The van der Waals surface area contributed by atoms with Gasteiger partial charge in [-0.05, 0) is 36.8 Å². The SMILES string of the molecule is Cc1nc(CCOc2ccc(CN(CC(=O)O)C(=O)Oc3ccc4c(c3)OCO4)cc2)c(C)o1. The average Bonchev–Trinajstić information content (AvgIpc) is 3.39. The molecule has 2 aromatic carbocycles. The maximum absolute atomic E-state index is 12.7. The van der Waals surface area contributed by atoms with Gasteiger partial charge in [0.25, 0.3) is 0 Å². The molecule has 34 heavy (non-hydrogen) atoms. The van der Waals surface area contributed by atoms with E-state index in [0.29, 0.717) is 36.2 Å². The van der Waals surface area contributed by atoms with Gasteiger partial charge in [-0.1, -0.05) is 12.1 Å². The number of benzene rings is 2. The lowest BCUT2D eigenvalue weighted by molar-refractivity contribution is -0.138. The standard InChI is InChI=1S/C24H24N2O8/c1-15-20(25-16(2)33-15)9-10-30-18-5-3-17(4-6-18)12-26(13-23(27)28)24(29)34-19-7-8-21-22(11-19)32-14-31-21/h3-8,11H,9-10,12-14H2,1-2H3,(H,27,28). The number of amides is 1. The molecule has 4 rings (SSSR count). The molecule has 178 valence electrons. The first-order valence-electron chi connectivity index (χ1n) is 10.6. The predicted molar refractivity (Wildman–Crippen MR) is 118 cm³/mol. The van der Waals surface area contributed by atoms with Gasteiger partial charge in [-0.15, -0.1) is 0 Å². The zero-order valence-electron chi connectivity index (χ0n) is 18.8. The molecule has 0 bridgehead atoms. The number of carbonyl (C=O) groups excluding carboxylic acids is 1. The number of rotatable bonds is 9. The minimum atomic E-state index is -1.15. The molecule has 10 nitrogen and oxygen atoms in total. The summed E-state index contributed by atoms with van der Waals surface area (Å²) < 4.78 is 27.0. The van der Waals surface area contributed by atoms with Gasteiger partial charge in [0.15, 0.2) is 17.4 Å². The summed E-state index contributed by atoms with van der Waals surface area (Å²) in [6.45, 7) is 3.72. The van der Waals surface area contributed by atoms with E-state index < -0.39 is 18.6 Å². The topological polar surface area (TPSA) is 121 Å².